The first kappa shape index (κ1) is 12.2. The normalized spacial score (nSPS) is 24.8. The molecule has 0 saturated heterocycles. The number of benzene rings is 1. The average Bonchev–Trinajstić information content (AvgIpc) is 2.94. The Kier molecular flexibility index (Phi) is 2.93. The number of thiazole rings is 1. The van der Waals surface area contributed by atoms with Crippen LogP contribution in [-0.2, 0) is 0 Å². The highest BCUT2D eigenvalue weighted by molar-refractivity contribution is 7.18. The number of fused-ring (bicyclic) bond motifs is 1. The Morgan fingerprint density at radius 3 is 2.61 bits per heavy atom. The number of hydrogen-bond acceptors (Lipinski definition) is 2. The predicted octanol–water partition coefficient (Wildman–Crippen LogP) is 5.23. The van der Waals surface area contributed by atoms with Gasteiger partial charge in [0, 0.05) is 5.92 Å². The average molecular weight is 259 g/mol. The van der Waals surface area contributed by atoms with E-state index in [1.807, 2.05) is 11.3 Å². The van der Waals surface area contributed by atoms with E-state index < -0.39 is 0 Å². The Labute approximate surface area is 113 Å². The fourth-order valence-corrected chi connectivity index (χ4v) is 4.17. The van der Waals surface area contributed by atoms with Gasteiger partial charge in [0.2, 0.25) is 0 Å². The van der Waals surface area contributed by atoms with Gasteiger partial charge in [-0.1, -0.05) is 32.9 Å². The maximum absolute atomic E-state index is 4.83. The van der Waals surface area contributed by atoms with E-state index in [1.165, 1.54) is 34.5 Å². The van der Waals surface area contributed by atoms with Crippen molar-refractivity contribution < 1.29 is 0 Å². The summed E-state index contributed by atoms with van der Waals surface area (Å²) in [6.45, 7) is 7.12. The van der Waals surface area contributed by atoms with Crippen molar-refractivity contribution in [3.8, 4) is 0 Å². The van der Waals surface area contributed by atoms with E-state index in [0.29, 0.717) is 11.3 Å². The van der Waals surface area contributed by atoms with Gasteiger partial charge in [0.25, 0.3) is 0 Å². The summed E-state index contributed by atoms with van der Waals surface area (Å²) in [6.07, 6.45) is 4.01. The molecular formula is C16H21NS. The van der Waals surface area contributed by atoms with Crippen molar-refractivity contribution in [1.82, 2.24) is 4.98 Å². The van der Waals surface area contributed by atoms with Gasteiger partial charge in [-0.2, -0.15) is 0 Å². The van der Waals surface area contributed by atoms with Gasteiger partial charge >= 0.3 is 0 Å². The van der Waals surface area contributed by atoms with E-state index in [-0.39, 0.29) is 0 Å². The van der Waals surface area contributed by atoms with Crippen molar-refractivity contribution in [2.75, 3.05) is 0 Å². The van der Waals surface area contributed by atoms with Crippen molar-refractivity contribution in [1.29, 1.82) is 0 Å². The molecule has 0 bridgehead atoms. The molecule has 1 heterocycles. The highest BCUT2D eigenvalue weighted by atomic mass is 32.1. The van der Waals surface area contributed by atoms with Crippen molar-refractivity contribution in [3.05, 3.63) is 29.3 Å². The van der Waals surface area contributed by atoms with Gasteiger partial charge in [0.15, 0.2) is 0 Å². The van der Waals surface area contributed by atoms with Crippen molar-refractivity contribution >= 4 is 21.6 Å². The molecule has 1 aliphatic rings. The number of nitrogens with zero attached hydrogens (tertiary/aromatic N) is 1. The van der Waals surface area contributed by atoms with E-state index in [0.717, 1.165) is 5.92 Å². The van der Waals surface area contributed by atoms with Crippen LogP contribution in [0, 0.1) is 11.3 Å². The van der Waals surface area contributed by atoms with Gasteiger partial charge in [-0.15, -0.1) is 11.3 Å². The highest BCUT2D eigenvalue weighted by Crippen LogP contribution is 2.47. The molecule has 2 heteroatoms. The lowest BCUT2D eigenvalue weighted by Crippen LogP contribution is -2.17. The highest BCUT2D eigenvalue weighted by Gasteiger charge is 2.34. The van der Waals surface area contributed by atoms with Gasteiger partial charge in [-0.05, 0) is 42.7 Å². The fourth-order valence-electron chi connectivity index (χ4n) is 3.06. The molecule has 2 aromatic rings. The fraction of sp³-hybridized carbons (Fsp3) is 0.562. The molecule has 96 valence electrons. The minimum atomic E-state index is 0.450. The summed E-state index contributed by atoms with van der Waals surface area (Å²) >= 11 is 1.90. The zero-order valence-electron chi connectivity index (χ0n) is 11.4. The van der Waals surface area contributed by atoms with Gasteiger partial charge in [-0.3, -0.25) is 0 Å². The smallest absolute Gasteiger partial charge is 0.0969 e. The SMILES string of the molecule is CC(C)(C)C1CCC(c2nc3ccccc3s2)C1. The van der Waals surface area contributed by atoms with Crippen molar-refractivity contribution in [2.24, 2.45) is 11.3 Å². The predicted molar refractivity (Wildman–Crippen MR) is 79.2 cm³/mol. The summed E-state index contributed by atoms with van der Waals surface area (Å²) in [4.78, 5) is 4.83. The second-order valence-corrected chi connectivity index (χ2v) is 7.65. The van der Waals surface area contributed by atoms with Crippen LogP contribution in [0.4, 0.5) is 0 Å². The van der Waals surface area contributed by atoms with Crippen molar-refractivity contribution in [2.45, 2.75) is 46.0 Å². The van der Waals surface area contributed by atoms with Crippen LogP contribution in [0.5, 0.6) is 0 Å². The Morgan fingerprint density at radius 1 is 1.17 bits per heavy atom. The molecule has 1 aliphatic carbocycles. The molecule has 1 nitrogen and oxygen atoms in total. The zero-order valence-corrected chi connectivity index (χ0v) is 12.3. The number of para-hydroxylation sites is 1. The van der Waals surface area contributed by atoms with Gasteiger partial charge < -0.3 is 0 Å². The molecule has 0 spiro atoms. The summed E-state index contributed by atoms with van der Waals surface area (Å²) in [6, 6.07) is 8.51. The van der Waals surface area contributed by atoms with Gasteiger partial charge in [0.1, 0.15) is 0 Å². The summed E-state index contributed by atoms with van der Waals surface area (Å²) in [5.41, 5.74) is 1.63. The van der Waals surface area contributed by atoms with Crippen LogP contribution in [0.2, 0.25) is 0 Å². The van der Waals surface area contributed by atoms with E-state index in [1.54, 1.807) is 0 Å². The first-order valence-corrected chi connectivity index (χ1v) is 7.71. The monoisotopic (exact) mass is 259 g/mol. The topological polar surface area (TPSA) is 12.9 Å². The standard InChI is InChI=1S/C16H21NS/c1-16(2,3)12-9-8-11(10-12)15-17-13-6-4-5-7-14(13)18-15/h4-7,11-12H,8-10H2,1-3H3. The van der Waals surface area contributed by atoms with Crippen LogP contribution in [0.15, 0.2) is 24.3 Å². The van der Waals surface area contributed by atoms with Crippen LogP contribution in [0.25, 0.3) is 10.2 Å². The molecule has 3 rings (SSSR count). The van der Waals surface area contributed by atoms with E-state index in [9.17, 15) is 0 Å². The largest absolute Gasteiger partial charge is 0.241 e. The maximum atomic E-state index is 4.83. The Hall–Kier alpha value is -0.890. The van der Waals surface area contributed by atoms with Crippen LogP contribution in [-0.4, -0.2) is 4.98 Å². The molecule has 2 unspecified atom stereocenters. The zero-order chi connectivity index (χ0) is 12.8. The molecule has 1 aromatic heterocycles. The van der Waals surface area contributed by atoms with E-state index in [2.05, 4.69) is 45.0 Å². The first-order chi connectivity index (χ1) is 8.54. The quantitative estimate of drug-likeness (QED) is 0.683. The van der Waals surface area contributed by atoms with E-state index in [4.69, 9.17) is 4.98 Å². The number of aromatic nitrogens is 1. The minimum absolute atomic E-state index is 0.450. The molecule has 1 aromatic carbocycles. The first-order valence-electron chi connectivity index (χ1n) is 6.89. The number of hydrogen-bond donors (Lipinski definition) is 0. The molecule has 0 N–H and O–H groups in total. The Balaban J connectivity index is 1.84. The minimum Gasteiger partial charge on any atom is -0.241 e. The summed E-state index contributed by atoms with van der Waals surface area (Å²) < 4.78 is 1.34. The lowest BCUT2D eigenvalue weighted by Gasteiger charge is -2.26. The van der Waals surface area contributed by atoms with Crippen LogP contribution >= 0.6 is 11.3 Å². The van der Waals surface area contributed by atoms with Crippen LogP contribution in [0.1, 0.15) is 51.0 Å². The van der Waals surface area contributed by atoms with Crippen molar-refractivity contribution in [3.63, 3.8) is 0 Å². The molecule has 0 aliphatic heterocycles. The third kappa shape index (κ3) is 2.18. The summed E-state index contributed by atoms with van der Waals surface area (Å²) in [5, 5.41) is 1.36. The lowest BCUT2D eigenvalue weighted by molar-refractivity contribution is 0.244. The van der Waals surface area contributed by atoms with Crippen LogP contribution in [0.3, 0.4) is 0 Å². The second kappa shape index (κ2) is 4.34. The molecule has 18 heavy (non-hydrogen) atoms. The van der Waals surface area contributed by atoms with Gasteiger partial charge in [0.05, 0.1) is 15.2 Å². The summed E-state index contributed by atoms with van der Waals surface area (Å²) in [5.74, 6) is 1.56. The van der Waals surface area contributed by atoms with E-state index >= 15 is 0 Å². The number of rotatable bonds is 1. The molecule has 1 saturated carbocycles. The molecule has 2 atom stereocenters. The third-order valence-corrected chi connectivity index (χ3v) is 5.52. The second-order valence-electron chi connectivity index (χ2n) is 6.59. The van der Waals surface area contributed by atoms with Gasteiger partial charge in [-0.25, -0.2) is 4.98 Å². The Morgan fingerprint density at radius 2 is 1.94 bits per heavy atom. The molecular weight excluding hydrogens is 238 g/mol. The lowest BCUT2D eigenvalue weighted by atomic mass is 9.79. The molecule has 0 amide bonds. The molecule has 0 radical (unpaired) electrons. The summed E-state index contributed by atoms with van der Waals surface area (Å²) in [7, 11) is 0. The maximum Gasteiger partial charge on any atom is 0.0969 e. The van der Waals surface area contributed by atoms with Crippen LogP contribution < -0.4 is 0 Å². The third-order valence-electron chi connectivity index (χ3n) is 4.32. The molecule has 1 fully saturated rings. The Bertz CT molecular complexity index is 516.